The maximum atomic E-state index is 11.9. The van der Waals surface area contributed by atoms with E-state index in [1.807, 2.05) is 22.0 Å². The lowest BCUT2D eigenvalue weighted by atomic mass is 10.2. The van der Waals surface area contributed by atoms with Crippen LogP contribution in [-0.2, 0) is 4.74 Å². The molecule has 2 aromatic heterocycles. The van der Waals surface area contributed by atoms with Crippen LogP contribution in [-0.4, -0.2) is 27.1 Å². The van der Waals surface area contributed by atoms with Crippen molar-refractivity contribution < 1.29 is 14.6 Å². The number of hydrogen-bond acceptors (Lipinski definition) is 5. The Morgan fingerprint density at radius 3 is 3.10 bits per heavy atom. The smallest absolute Gasteiger partial charge is 0.360 e. The van der Waals surface area contributed by atoms with Crippen LogP contribution in [0.15, 0.2) is 35.8 Å². The van der Waals surface area contributed by atoms with Gasteiger partial charge in [-0.3, -0.25) is 4.40 Å². The van der Waals surface area contributed by atoms with Crippen LogP contribution >= 0.6 is 11.3 Å². The van der Waals surface area contributed by atoms with Gasteiger partial charge in [-0.25, -0.2) is 9.78 Å². The first-order chi connectivity index (χ1) is 9.70. The summed E-state index contributed by atoms with van der Waals surface area (Å²) in [7, 11) is 0. The quantitative estimate of drug-likeness (QED) is 0.753. The fraction of sp³-hybridized carbons (Fsp3) is 0.143. The van der Waals surface area contributed by atoms with Gasteiger partial charge < -0.3 is 9.84 Å². The lowest BCUT2D eigenvalue weighted by Gasteiger charge is -1.99. The number of thiazole rings is 1. The number of hydrogen-bond donors (Lipinski definition) is 1. The molecule has 0 bridgehead atoms. The van der Waals surface area contributed by atoms with Crippen LogP contribution in [0.25, 0.3) is 16.2 Å². The number of carbonyl (C=O) groups excluding carboxylic acids is 1. The summed E-state index contributed by atoms with van der Waals surface area (Å²) in [5, 5.41) is 11.5. The first-order valence-corrected chi connectivity index (χ1v) is 7.00. The molecule has 6 heteroatoms. The van der Waals surface area contributed by atoms with Crippen LogP contribution in [0.2, 0.25) is 0 Å². The average molecular weight is 288 g/mol. The number of carbonyl (C=O) groups is 1. The Kier molecular flexibility index (Phi) is 3.15. The number of phenolic OH excluding ortho intramolecular Hbond substituents is 1. The monoisotopic (exact) mass is 288 g/mol. The van der Waals surface area contributed by atoms with Crippen molar-refractivity contribution in [1.29, 1.82) is 0 Å². The minimum atomic E-state index is -0.432. The Balaban J connectivity index is 2.17. The van der Waals surface area contributed by atoms with Gasteiger partial charge in [-0.2, -0.15) is 0 Å². The summed E-state index contributed by atoms with van der Waals surface area (Å²) in [6.45, 7) is 2.07. The fourth-order valence-corrected chi connectivity index (χ4v) is 2.82. The number of esters is 1. The van der Waals surface area contributed by atoms with Crippen LogP contribution in [0.3, 0.4) is 0 Å². The lowest BCUT2D eigenvalue weighted by Crippen LogP contribution is -2.05. The van der Waals surface area contributed by atoms with Gasteiger partial charge in [0.1, 0.15) is 16.4 Å². The number of fused-ring (bicyclic) bond motifs is 1. The molecule has 0 aliphatic carbocycles. The second-order valence-corrected chi connectivity index (χ2v) is 5.03. The highest BCUT2D eigenvalue weighted by molar-refractivity contribution is 7.15. The first-order valence-electron chi connectivity index (χ1n) is 6.12. The largest absolute Gasteiger partial charge is 0.508 e. The van der Waals surface area contributed by atoms with E-state index in [-0.39, 0.29) is 5.75 Å². The Morgan fingerprint density at radius 1 is 1.50 bits per heavy atom. The molecule has 2 heterocycles. The van der Waals surface area contributed by atoms with Gasteiger partial charge >= 0.3 is 5.97 Å². The standard InChI is InChI=1S/C14H12N2O3S/c1-2-19-14(18)11-13-16(6-7-20-13)12(15-11)9-4-3-5-10(17)8-9/h3-8,17H,2H2,1H3. The normalized spacial score (nSPS) is 10.8. The van der Waals surface area contributed by atoms with Crippen molar-refractivity contribution in [3.63, 3.8) is 0 Å². The number of benzene rings is 1. The minimum Gasteiger partial charge on any atom is -0.508 e. The van der Waals surface area contributed by atoms with Crippen molar-refractivity contribution in [3.8, 4) is 17.1 Å². The van der Waals surface area contributed by atoms with Gasteiger partial charge in [0, 0.05) is 17.1 Å². The predicted octanol–water partition coefficient (Wildman–Crippen LogP) is 2.95. The van der Waals surface area contributed by atoms with Gasteiger partial charge in [0.05, 0.1) is 6.61 Å². The van der Waals surface area contributed by atoms with E-state index in [0.717, 1.165) is 10.4 Å². The van der Waals surface area contributed by atoms with Gasteiger partial charge in [0.25, 0.3) is 0 Å². The molecule has 0 atom stereocenters. The van der Waals surface area contributed by atoms with Crippen molar-refractivity contribution in [3.05, 3.63) is 41.5 Å². The molecule has 0 spiro atoms. The van der Waals surface area contributed by atoms with Crippen molar-refractivity contribution in [1.82, 2.24) is 9.38 Å². The summed E-state index contributed by atoms with van der Waals surface area (Å²) < 4.78 is 6.85. The summed E-state index contributed by atoms with van der Waals surface area (Å²) >= 11 is 1.42. The molecule has 0 saturated heterocycles. The molecule has 0 saturated carbocycles. The van der Waals surface area contributed by atoms with Crippen LogP contribution in [0.1, 0.15) is 17.4 Å². The van der Waals surface area contributed by atoms with Gasteiger partial charge in [0.15, 0.2) is 5.69 Å². The molecule has 3 rings (SSSR count). The van der Waals surface area contributed by atoms with E-state index in [2.05, 4.69) is 4.98 Å². The highest BCUT2D eigenvalue weighted by Crippen LogP contribution is 2.28. The SMILES string of the molecule is CCOC(=O)c1nc(-c2cccc(O)c2)n2ccsc12. The maximum absolute atomic E-state index is 11.9. The Hall–Kier alpha value is -2.34. The molecule has 0 fully saturated rings. The topological polar surface area (TPSA) is 63.8 Å². The van der Waals surface area contributed by atoms with E-state index in [0.29, 0.717) is 18.1 Å². The molecule has 3 aromatic rings. The number of nitrogens with zero attached hydrogens (tertiary/aromatic N) is 2. The minimum absolute atomic E-state index is 0.159. The highest BCUT2D eigenvalue weighted by Gasteiger charge is 2.20. The van der Waals surface area contributed by atoms with E-state index >= 15 is 0 Å². The van der Waals surface area contributed by atoms with Crippen LogP contribution in [0.4, 0.5) is 0 Å². The predicted molar refractivity (Wildman–Crippen MR) is 76.1 cm³/mol. The van der Waals surface area contributed by atoms with Crippen molar-refractivity contribution in [2.75, 3.05) is 6.61 Å². The van der Waals surface area contributed by atoms with Gasteiger partial charge in [-0.15, -0.1) is 11.3 Å². The van der Waals surface area contributed by atoms with Crippen molar-refractivity contribution in [2.45, 2.75) is 6.92 Å². The number of phenols is 1. The molecular weight excluding hydrogens is 276 g/mol. The second-order valence-electron chi connectivity index (χ2n) is 4.13. The molecule has 0 amide bonds. The molecule has 20 heavy (non-hydrogen) atoms. The summed E-state index contributed by atoms with van der Waals surface area (Å²) in [6, 6.07) is 6.78. The summed E-state index contributed by atoms with van der Waals surface area (Å²) in [5.74, 6) is 0.339. The Morgan fingerprint density at radius 2 is 2.35 bits per heavy atom. The molecular formula is C14H12N2O3S. The van der Waals surface area contributed by atoms with E-state index < -0.39 is 5.97 Å². The molecule has 0 aliphatic heterocycles. The Bertz CT molecular complexity index is 776. The van der Waals surface area contributed by atoms with Crippen molar-refractivity contribution in [2.24, 2.45) is 0 Å². The zero-order chi connectivity index (χ0) is 14.1. The van der Waals surface area contributed by atoms with Crippen LogP contribution in [0, 0.1) is 0 Å². The maximum Gasteiger partial charge on any atom is 0.360 e. The number of rotatable bonds is 3. The molecule has 1 N–H and O–H groups in total. The van der Waals surface area contributed by atoms with E-state index in [1.165, 1.54) is 11.3 Å². The lowest BCUT2D eigenvalue weighted by molar-refractivity contribution is 0.0523. The average Bonchev–Trinajstić information content (AvgIpc) is 3.00. The number of ether oxygens (including phenoxy) is 1. The third kappa shape index (κ3) is 2.04. The van der Waals surface area contributed by atoms with Gasteiger partial charge in [-0.1, -0.05) is 12.1 Å². The summed E-state index contributed by atoms with van der Waals surface area (Å²) in [6.07, 6.45) is 1.84. The molecule has 0 aliphatic rings. The zero-order valence-corrected chi connectivity index (χ0v) is 11.6. The van der Waals surface area contributed by atoms with E-state index in [9.17, 15) is 9.90 Å². The van der Waals surface area contributed by atoms with Gasteiger partial charge in [-0.05, 0) is 19.1 Å². The number of aromatic nitrogens is 2. The van der Waals surface area contributed by atoms with E-state index in [4.69, 9.17) is 4.74 Å². The Labute approximate surface area is 119 Å². The third-order valence-electron chi connectivity index (χ3n) is 2.83. The number of imidazole rings is 1. The first kappa shape index (κ1) is 12.7. The van der Waals surface area contributed by atoms with E-state index in [1.54, 1.807) is 25.1 Å². The van der Waals surface area contributed by atoms with Gasteiger partial charge in [0.2, 0.25) is 0 Å². The summed E-state index contributed by atoms with van der Waals surface area (Å²) in [4.78, 5) is 17.0. The summed E-state index contributed by atoms with van der Waals surface area (Å²) in [5.41, 5.74) is 1.05. The molecule has 0 unspecified atom stereocenters. The van der Waals surface area contributed by atoms with Crippen molar-refractivity contribution >= 4 is 22.1 Å². The number of aromatic hydroxyl groups is 1. The molecule has 102 valence electrons. The second kappa shape index (κ2) is 4.97. The molecule has 0 radical (unpaired) electrons. The molecule has 1 aromatic carbocycles. The van der Waals surface area contributed by atoms with Crippen LogP contribution in [0.5, 0.6) is 5.75 Å². The molecule has 5 nitrogen and oxygen atoms in total. The zero-order valence-electron chi connectivity index (χ0n) is 10.7. The third-order valence-corrected chi connectivity index (χ3v) is 3.70. The fourth-order valence-electron chi connectivity index (χ4n) is 2.01. The van der Waals surface area contributed by atoms with Crippen LogP contribution < -0.4 is 0 Å². The highest BCUT2D eigenvalue weighted by atomic mass is 32.1.